The highest BCUT2D eigenvalue weighted by Gasteiger charge is 2.24. The first-order chi connectivity index (χ1) is 30.5. The van der Waals surface area contributed by atoms with E-state index in [2.05, 4.69) is 92.9 Å². The molecule has 0 aromatic carbocycles. The predicted octanol–water partition coefficient (Wildman–Crippen LogP) is 15.8. The molecule has 0 spiro atoms. The zero-order valence-electron chi connectivity index (χ0n) is 40.7. The Morgan fingerprint density at radius 3 is 1.23 bits per heavy atom. The minimum atomic E-state index is -0.800. The molecule has 0 radical (unpaired) electrons. The van der Waals surface area contributed by atoms with Crippen molar-refractivity contribution < 1.29 is 24.5 Å². The van der Waals surface area contributed by atoms with Crippen LogP contribution in [0.2, 0.25) is 0 Å². The van der Waals surface area contributed by atoms with Crippen molar-refractivity contribution in [2.45, 2.75) is 264 Å². The SMILES string of the molecule is CC/C=C\C/C=C\C/C=C\C/C=C\C/C=C\C/C=C\CCC(=O)OC(CCCCCCCCCC)CC(=O)NC(CO)C(O)CCCCCCCCCCCCCCCCCC. The van der Waals surface area contributed by atoms with Crippen molar-refractivity contribution in [3.8, 4) is 0 Å². The number of rotatable bonds is 46. The summed E-state index contributed by atoms with van der Waals surface area (Å²) in [6.07, 6.45) is 62.7. The molecule has 3 atom stereocenters. The van der Waals surface area contributed by atoms with Crippen LogP contribution in [0.4, 0.5) is 0 Å². The van der Waals surface area contributed by atoms with Crippen molar-refractivity contribution in [3.05, 3.63) is 72.9 Å². The molecule has 0 saturated heterocycles. The highest BCUT2D eigenvalue weighted by atomic mass is 16.5. The lowest BCUT2D eigenvalue weighted by Gasteiger charge is -2.24. The van der Waals surface area contributed by atoms with Gasteiger partial charge in [-0.2, -0.15) is 0 Å². The van der Waals surface area contributed by atoms with Crippen LogP contribution in [0.15, 0.2) is 72.9 Å². The molecule has 6 heteroatoms. The number of unbranched alkanes of at least 4 members (excludes halogenated alkanes) is 22. The van der Waals surface area contributed by atoms with E-state index in [-0.39, 0.29) is 31.3 Å². The number of esters is 1. The van der Waals surface area contributed by atoms with Crippen LogP contribution in [0.25, 0.3) is 0 Å². The Morgan fingerprint density at radius 2 is 0.839 bits per heavy atom. The van der Waals surface area contributed by atoms with Gasteiger partial charge in [-0.1, -0.05) is 241 Å². The number of aliphatic hydroxyl groups is 2. The summed E-state index contributed by atoms with van der Waals surface area (Å²) in [5.41, 5.74) is 0. The van der Waals surface area contributed by atoms with Gasteiger partial charge in [0.15, 0.2) is 0 Å². The molecular weight excluding hydrogens is 767 g/mol. The monoisotopic (exact) mass is 866 g/mol. The molecule has 0 aliphatic carbocycles. The van der Waals surface area contributed by atoms with Gasteiger partial charge in [0, 0.05) is 6.42 Å². The van der Waals surface area contributed by atoms with Gasteiger partial charge in [-0.3, -0.25) is 9.59 Å². The van der Waals surface area contributed by atoms with Crippen LogP contribution in [0, 0.1) is 0 Å². The van der Waals surface area contributed by atoms with Crippen molar-refractivity contribution in [1.82, 2.24) is 5.32 Å². The number of allylic oxidation sites excluding steroid dienone is 12. The van der Waals surface area contributed by atoms with E-state index in [4.69, 9.17) is 4.74 Å². The van der Waals surface area contributed by atoms with Gasteiger partial charge >= 0.3 is 5.97 Å². The summed E-state index contributed by atoms with van der Waals surface area (Å²) in [6.45, 7) is 6.34. The van der Waals surface area contributed by atoms with Gasteiger partial charge in [-0.25, -0.2) is 0 Å². The molecule has 3 N–H and O–H groups in total. The molecule has 0 rings (SSSR count). The predicted molar refractivity (Wildman–Crippen MR) is 268 cm³/mol. The molecular formula is C56H99NO5. The van der Waals surface area contributed by atoms with E-state index in [1.165, 1.54) is 116 Å². The van der Waals surface area contributed by atoms with Crippen molar-refractivity contribution in [2.24, 2.45) is 0 Å². The van der Waals surface area contributed by atoms with Crippen molar-refractivity contribution in [3.63, 3.8) is 0 Å². The zero-order chi connectivity index (χ0) is 45.2. The Balaban J connectivity index is 4.50. The van der Waals surface area contributed by atoms with E-state index in [0.29, 0.717) is 19.3 Å². The summed E-state index contributed by atoms with van der Waals surface area (Å²) in [4.78, 5) is 26.0. The maximum Gasteiger partial charge on any atom is 0.306 e. The van der Waals surface area contributed by atoms with Crippen LogP contribution >= 0.6 is 0 Å². The lowest BCUT2D eigenvalue weighted by molar-refractivity contribution is -0.150. The number of carbonyl (C=O) groups excluding carboxylic acids is 2. The molecule has 3 unspecified atom stereocenters. The van der Waals surface area contributed by atoms with Gasteiger partial charge in [0.2, 0.25) is 5.91 Å². The summed E-state index contributed by atoms with van der Waals surface area (Å²) < 4.78 is 5.87. The number of ether oxygens (including phenoxy) is 1. The van der Waals surface area contributed by atoms with Crippen LogP contribution in [0.3, 0.4) is 0 Å². The van der Waals surface area contributed by atoms with Gasteiger partial charge in [-0.05, 0) is 64.2 Å². The molecule has 0 heterocycles. The first kappa shape index (κ1) is 59.3. The molecule has 0 aliphatic heterocycles. The van der Waals surface area contributed by atoms with Crippen molar-refractivity contribution in [2.75, 3.05) is 6.61 Å². The molecule has 0 aromatic rings. The van der Waals surface area contributed by atoms with E-state index in [9.17, 15) is 19.8 Å². The maximum atomic E-state index is 13.2. The third-order valence-electron chi connectivity index (χ3n) is 11.6. The van der Waals surface area contributed by atoms with Crippen LogP contribution in [0.1, 0.15) is 245 Å². The van der Waals surface area contributed by atoms with E-state index in [1.54, 1.807) is 0 Å². The first-order valence-corrected chi connectivity index (χ1v) is 26.2. The molecule has 6 nitrogen and oxygen atoms in total. The van der Waals surface area contributed by atoms with Gasteiger partial charge < -0.3 is 20.3 Å². The van der Waals surface area contributed by atoms with E-state index < -0.39 is 18.2 Å². The topological polar surface area (TPSA) is 95.9 Å². The number of amides is 1. The lowest BCUT2D eigenvalue weighted by Crippen LogP contribution is -2.46. The summed E-state index contributed by atoms with van der Waals surface area (Å²) in [6, 6.07) is -0.716. The van der Waals surface area contributed by atoms with Crippen LogP contribution in [0.5, 0.6) is 0 Å². The highest BCUT2D eigenvalue weighted by molar-refractivity contribution is 5.77. The summed E-state index contributed by atoms with van der Waals surface area (Å²) in [5, 5.41) is 23.7. The second-order valence-corrected chi connectivity index (χ2v) is 17.5. The first-order valence-electron chi connectivity index (χ1n) is 26.2. The second-order valence-electron chi connectivity index (χ2n) is 17.5. The number of hydrogen-bond acceptors (Lipinski definition) is 5. The molecule has 1 amide bonds. The molecule has 0 saturated carbocycles. The largest absolute Gasteiger partial charge is 0.462 e. The summed E-state index contributed by atoms with van der Waals surface area (Å²) >= 11 is 0. The van der Waals surface area contributed by atoms with E-state index in [0.717, 1.165) is 77.0 Å². The number of nitrogens with one attached hydrogen (secondary N) is 1. The molecule has 0 bridgehead atoms. The minimum Gasteiger partial charge on any atom is -0.462 e. The second kappa shape index (κ2) is 49.3. The van der Waals surface area contributed by atoms with Crippen LogP contribution in [-0.2, 0) is 14.3 Å². The standard InChI is InChI=1S/C56H99NO5/c1-4-7-10-13-16-19-21-23-25-27-28-29-31-33-35-37-40-43-46-49-56(61)62-52(47-44-41-38-18-15-12-9-6-3)50-55(60)57-53(51-58)54(59)48-45-42-39-36-34-32-30-26-24-22-20-17-14-11-8-5-2/h7,10,16,19,23,25,28-29,33,35,40,43,52-54,58-59H,4-6,8-9,11-15,17-18,20-22,24,26-27,30-32,34,36-39,41-42,44-51H2,1-3H3,(H,57,60)/b10-7-,19-16-,25-23-,29-28-,35-33-,43-40-. The third kappa shape index (κ3) is 43.9. The Hall–Kier alpha value is -2.70. The zero-order valence-corrected chi connectivity index (χ0v) is 40.7. The Bertz CT molecular complexity index is 1150. The number of aliphatic hydroxyl groups excluding tert-OH is 2. The minimum absolute atomic E-state index is 0.0460. The molecule has 0 aromatic heterocycles. The lowest BCUT2D eigenvalue weighted by atomic mass is 10.0. The van der Waals surface area contributed by atoms with Gasteiger partial charge in [0.1, 0.15) is 6.10 Å². The summed E-state index contributed by atoms with van der Waals surface area (Å²) in [7, 11) is 0. The maximum absolute atomic E-state index is 13.2. The average Bonchev–Trinajstić information content (AvgIpc) is 3.26. The quantitative estimate of drug-likeness (QED) is 0.0322. The van der Waals surface area contributed by atoms with Crippen LogP contribution < -0.4 is 5.32 Å². The van der Waals surface area contributed by atoms with Crippen molar-refractivity contribution >= 4 is 11.9 Å². The average molecular weight is 866 g/mol. The number of carbonyl (C=O) groups is 2. The fraction of sp³-hybridized carbons (Fsp3) is 0.750. The molecule has 358 valence electrons. The van der Waals surface area contributed by atoms with E-state index >= 15 is 0 Å². The van der Waals surface area contributed by atoms with E-state index in [1.807, 2.05) is 6.08 Å². The Labute approximate surface area is 383 Å². The van der Waals surface area contributed by atoms with Gasteiger partial charge in [0.25, 0.3) is 0 Å². The normalized spacial score (nSPS) is 13.8. The summed E-state index contributed by atoms with van der Waals surface area (Å²) in [5.74, 6) is -0.575. The van der Waals surface area contributed by atoms with Gasteiger partial charge in [0.05, 0.1) is 25.2 Å². The van der Waals surface area contributed by atoms with Crippen LogP contribution in [-0.4, -0.2) is 46.9 Å². The van der Waals surface area contributed by atoms with Crippen molar-refractivity contribution in [1.29, 1.82) is 0 Å². The highest BCUT2D eigenvalue weighted by Crippen LogP contribution is 2.17. The fourth-order valence-electron chi connectivity index (χ4n) is 7.63. The third-order valence-corrected chi connectivity index (χ3v) is 11.6. The van der Waals surface area contributed by atoms with Gasteiger partial charge in [-0.15, -0.1) is 0 Å². The smallest absolute Gasteiger partial charge is 0.306 e. The molecule has 62 heavy (non-hydrogen) atoms. The fourth-order valence-corrected chi connectivity index (χ4v) is 7.63. The molecule has 0 fully saturated rings. The Morgan fingerprint density at radius 1 is 0.484 bits per heavy atom. The Kier molecular flexibility index (Phi) is 47.2. The molecule has 0 aliphatic rings. The number of hydrogen-bond donors (Lipinski definition) is 3.